The zero-order chi connectivity index (χ0) is 16.5. The first-order valence-corrected chi connectivity index (χ1v) is 9.34. The number of amides is 1. The van der Waals surface area contributed by atoms with Gasteiger partial charge in [0.1, 0.15) is 0 Å². The summed E-state index contributed by atoms with van der Waals surface area (Å²) in [5.74, 6) is 2.50. The van der Waals surface area contributed by atoms with E-state index in [1.807, 2.05) is 4.90 Å². The van der Waals surface area contributed by atoms with Gasteiger partial charge in [-0.05, 0) is 55.6 Å². The molecule has 1 amide bonds. The second-order valence-corrected chi connectivity index (χ2v) is 7.69. The first kappa shape index (κ1) is 15.9. The van der Waals surface area contributed by atoms with Crippen LogP contribution in [-0.4, -0.2) is 42.0 Å². The molecular weight excluding hydrogens is 305 g/mol. The Labute approximate surface area is 143 Å². The predicted octanol–water partition coefficient (Wildman–Crippen LogP) is 3.09. The highest BCUT2D eigenvalue weighted by molar-refractivity contribution is 5.76. The van der Waals surface area contributed by atoms with Crippen LogP contribution in [0.5, 0.6) is 0 Å². The molecule has 3 heterocycles. The maximum absolute atomic E-state index is 13.8. The minimum Gasteiger partial charge on any atom is -0.354 e. The molecule has 3 fully saturated rings. The fraction of sp³-hybridized carbons (Fsp3) is 0.684. The number of pyridine rings is 1. The number of hydrogen-bond acceptors (Lipinski definition) is 3. The zero-order valence-electron chi connectivity index (χ0n) is 14.2. The van der Waals surface area contributed by atoms with Crippen LogP contribution in [0.3, 0.4) is 0 Å². The highest BCUT2D eigenvalue weighted by atomic mass is 19.1. The predicted molar refractivity (Wildman–Crippen MR) is 91.2 cm³/mol. The molecule has 5 heteroatoms. The van der Waals surface area contributed by atoms with Gasteiger partial charge >= 0.3 is 0 Å². The maximum atomic E-state index is 13.8. The van der Waals surface area contributed by atoms with Gasteiger partial charge in [0.25, 0.3) is 0 Å². The van der Waals surface area contributed by atoms with Crippen molar-refractivity contribution in [1.29, 1.82) is 0 Å². The molecule has 0 bridgehead atoms. The van der Waals surface area contributed by atoms with Gasteiger partial charge in [0, 0.05) is 38.8 Å². The molecule has 4 nitrogen and oxygen atoms in total. The van der Waals surface area contributed by atoms with Crippen molar-refractivity contribution >= 4 is 11.7 Å². The molecule has 1 aliphatic carbocycles. The van der Waals surface area contributed by atoms with Gasteiger partial charge in [-0.25, -0.2) is 9.37 Å². The molecule has 1 aromatic heterocycles. The number of hydrogen-bond donors (Lipinski definition) is 0. The third kappa shape index (κ3) is 3.13. The van der Waals surface area contributed by atoms with Crippen molar-refractivity contribution in [3.8, 4) is 0 Å². The van der Waals surface area contributed by atoms with E-state index in [-0.39, 0.29) is 5.82 Å². The average Bonchev–Trinajstić information content (AvgIpc) is 3.18. The van der Waals surface area contributed by atoms with Gasteiger partial charge in [0.05, 0.1) is 0 Å². The van der Waals surface area contributed by atoms with Gasteiger partial charge in [-0.3, -0.25) is 4.79 Å². The minimum absolute atomic E-state index is 0.254. The molecule has 24 heavy (non-hydrogen) atoms. The molecule has 2 saturated heterocycles. The third-order valence-electron chi connectivity index (χ3n) is 6.20. The first-order valence-electron chi connectivity index (χ1n) is 9.34. The lowest BCUT2D eigenvalue weighted by atomic mass is 9.93. The number of fused-ring (bicyclic) bond motifs is 1. The Morgan fingerprint density at radius 2 is 1.88 bits per heavy atom. The molecule has 0 aromatic carbocycles. The average molecular weight is 331 g/mol. The van der Waals surface area contributed by atoms with Crippen LogP contribution >= 0.6 is 0 Å². The summed E-state index contributed by atoms with van der Waals surface area (Å²) in [7, 11) is 0. The molecule has 0 N–H and O–H groups in total. The van der Waals surface area contributed by atoms with Crippen LogP contribution < -0.4 is 4.90 Å². The number of halogens is 1. The Hall–Kier alpha value is -1.65. The van der Waals surface area contributed by atoms with Crippen LogP contribution in [0.25, 0.3) is 0 Å². The van der Waals surface area contributed by atoms with Crippen LogP contribution in [0.1, 0.15) is 38.5 Å². The Morgan fingerprint density at radius 1 is 1.17 bits per heavy atom. The molecule has 0 radical (unpaired) electrons. The van der Waals surface area contributed by atoms with Crippen LogP contribution in [-0.2, 0) is 4.79 Å². The lowest BCUT2D eigenvalue weighted by Crippen LogP contribution is -2.37. The smallest absolute Gasteiger partial charge is 0.222 e. The van der Waals surface area contributed by atoms with E-state index in [9.17, 15) is 9.18 Å². The lowest BCUT2D eigenvalue weighted by Gasteiger charge is -2.33. The van der Waals surface area contributed by atoms with E-state index in [4.69, 9.17) is 0 Å². The zero-order valence-corrected chi connectivity index (χ0v) is 14.2. The van der Waals surface area contributed by atoms with Crippen molar-refractivity contribution in [2.75, 3.05) is 31.1 Å². The Balaban J connectivity index is 1.27. The summed E-state index contributed by atoms with van der Waals surface area (Å²) < 4.78 is 13.8. The summed E-state index contributed by atoms with van der Waals surface area (Å²) in [5, 5.41) is 0. The molecule has 3 aliphatic rings. The highest BCUT2D eigenvalue weighted by Gasteiger charge is 2.38. The van der Waals surface area contributed by atoms with Crippen molar-refractivity contribution < 1.29 is 9.18 Å². The molecule has 130 valence electrons. The Kier molecular flexibility index (Phi) is 4.42. The van der Waals surface area contributed by atoms with E-state index in [1.54, 1.807) is 12.3 Å². The van der Waals surface area contributed by atoms with Gasteiger partial charge in [0.15, 0.2) is 11.6 Å². The third-order valence-corrected chi connectivity index (χ3v) is 6.20. The van der Waals surface area contributed by atoms with Crippen LogP contribution in [0, 0.1) is 23.6 Å². The normalized spacial score (nSPS) is 27.5. The SMILES string of the molecule is O=C(CC1CCN(c2ncccc2F)CC1)N1CC2CCCC2C1. The molecule has 0 spiro atoms. The second-order valence-electron chi connectivity index (χ2n) is 7.69. The summed E-state index contributed by atoms with van der Waals surface area (Å²) in [6, 6.07) is 3.08. The summed E-state index contributed by atoms with van der Waals surface area (Å²) in [6.45, 7) is 3.55. The van der Waals surface area contributed by atoms with E-state index in [1.165, 1.54) is 25.3 Å². The quantitative estimate of drug-likeness (QED) is 0.854. The van der Waals surface area contributed by atoms with Gasteiger partial charge in [-0.1, -0.05) is 6.42 Å². The number of carbonyl (C=O) groups is 1. The van der Waals surface area contributed by atoms with Crippen molar-refractivity contribution in [2.45, 2.75) is 38.5 Å². The topological polar surface area (TPSA) is 36.4 Å². The van der Waals surface area contributed by atoms with Crippen LogP contribution in [0.15, 0.2) is 18.3 Å². The molecule has 1 aromatic rings. The van der Waals surface area contributed by atoms with E-state index < -0.39 is 0 Å². The number of anilines is 1. The first-order chi connectivity index (χ1) is 11.7. The Morgan fingerprint density at radius 3 is 2.54 bits per heavy atom. The monoisotopic (exact) mass is 331 g/mol. The molecule has 2 aliphatic heterocycles. The second kappa shape index (κ2) is 6.69. The van der Waals surface area contributed by atoms with Gasteiger partial charge < -0.3 is 9.80 Å². The van der Waals surface area contributed by atoms with Crippen molar-refractivity contribution in [1.82, 2.24) is 9.88 Å². The van der Waals surface area contributed by atoms with Gasteiger partial charge in [-0.2, -0.15) is 0 Å². The summed E-state index contributed by atoms with van der Waals surface area (Å²) in [4.78, 5) is 20.9. The molecule has 1 saturated carbocycles. The van der Waals surface area contributed by atoms with E-state index in [2.05, 4.69) is 9.88 Å². The largest absolute Gasteiger partial charge is 0.354 e. The molecular formula is C19H26FN3O. The summed E-state index contributed by atoms with van der Waals surface area (Å²) in [6.07, 6.45) is 8.16. The number of piperidine rings is 1. The van der Waals surface area contributed by atoms with Crippen molar-refractivity contribution in [3.05, 3.63) is 24.1 Å². The van der Waals surface area contributed by atoms with Crippen molar-refractivity contribution in [3.63, 3.8) is 0 Å². The number of likely N-dealkylation sites (tertiary alicyclic amines) is 1. The number of rotatable bonds is 3. The van der Waals surface area contributed by atoms with Crippen LogP contribution in [0.4, 0.5) is 10.2 Å². The molecule has 2 atom stereocenters. The van der Waals surface area contributed by atoms with Crippen molar-refractivity contribution in [2.24, 2.45) is 17.8 Å². The molecule has 4 rings (SSSR count). The number of nitrogens with zero attached hydrogens (tertiary/aromatic N) is 3. The number of aromatic nitrogens is 1. The van der Waals surface area contributed by atoms with Gasteiger partial charge in [0.2, 0.25) is 5.91 Å². The minimum atomic E-state index is -0.254. The summed E-state index contributed by atoms with van der Waals surface area (Å²) in [5.41, 5.74) is 0. The fourth-order valence-corrected chi connectivity index (χ4v) is 4.77. The molecule has 2 unspecified atom stereocenters. The highest BCUT2D eigenvalue weighted by Crippen LogP contribution is 2.38. The van der Waals surface area contributed by atoms with E-state index >= 15 is 0 Å². The maximum Gasteiger partial charge on any atom is 0.222 e. The lowest BCUT2D eigenvalue weighted by molar-refractivity contribution is -0.131. The number of carbonyl (C=O) groups excluding carboxylic acids is 1. The van der Waals surface area contributed by atoms with Gasteiger partial charge in [-0.15, -0.1) is 0 Å². The fourth-order valence-electron chi connectivity index (χ4n) is 4.77. The standard InChI is InChI=1S/C19H26FN3O/c20-17-5-2-8-21-19(17)22-9-6-14(7-10-22)11-18(24)23-12-15-3-1-4-16(15)13-23/h2,5,8,14-16H,1,3-4,6-7,9-13H2. The summed E-state index contributed by atoms with van der Waals surface area (Å²) >= 11 is 0. The van der Waals surface area contributed by atoms with Crippen LogP contribution in [0.2, 0.25) is 0 Å². The van der Waals surface area contributed by atoms with E-state index in [0.717, 1.165) is 50.9 Å². The Bertz CT molecular complexity index is 588. The van der Waals surface area contributed by atoms with E-state index in [0.29, 0.717) is 24.1 Å².